The summed E-state index contributed by atoms with van der Waals surface area (Å²) in [6.07, 6.45) is 0. The average molecular weight is 310 g/mol. The Morgan fingerprint density at radius 3 is 2.65 bits per heavy atom. The average Bonchev–Trinajstić information content (AvgIpc) is 2.26. The quantitative estimate of drug-likeness (QED) is 0.264. The van der Waals surface area contributed by atoms with Gasteiger partial charge in [-0.2, -0.15) is 0 Å². The SMILES string of the molecule is Nc1ccc2cc3ccc(=[NH2+])cc-3[se]c2c1.[Cl-]. The number of halogens is 1. The van der Waals surface area contributed by atoms with Crippen molar-refractivity contribution in [3.8, 4) is 10.0 Å². The van der Waals surface area contributed by atoms with Crippen LogP contribution in [0, 0.1) is 0 Å². The van der Waals surface area contributed by atoms with E-state index < -0.39 is 0 Å². The third-order valence-electron chi connectivity index (χ3n) is 2.61. The first-order valence-corrected chi connectivity index (χ1v) is 6.75. The number of fused-ring (bicyclic) bond motifs is 2. The molecule has 0 unspecified atom stereocenters. The fraction of sp³-hybridized carbons (Fsp3) is 0. The second-order valence-corrected chi connectivity index (χ2v) is 6.11. The zero-order valence-corrected chi connectivity index (χ0v) is 11.5. The van der Waals surface area contributed by atoms with Crippen LogP contribution in [0.2, 0.25) is 0 Å². The van der Waals surface area contributed by atoms with Crippen molar-refractivity contribution in [2.45, 2.75) is 0 Å². The van der Waals surface area contributed by atoms with Crippen LogP contribution in [0.25, 0.3) is 19.6 Å². The van der Waals surface area contributed by atoms with Gasteiger partial charge >= 0.3 is 98.8 Å². The van der Waals surface area contributed by atoms with Gasteiger partial charge in [-0.25, -0.2) is 0 Å². The first kappa shape index (κ1) is 12.2. The number of benzene rings is 2. The minimum absolute atomic E-state index is 0. The van der Waals surface area contributed by atoms with Crippen LogP contribution in [0.15, 0.2) is 42.5 Å². The maximum atomic E-state index is 5.80. The van der Waals surface area contributed by atoms with Crippen LogP contribution in [0.1, 0.15) is 0 Å². The van der Waals surface area contributed by atoms with Crippen LogP contribution < -0.4 is 28.9 Å². The molecule has 4 N–H and O–H groups in total. The van der Waals surface area contributed by atoms with Crippen molar-refractivity contribution < 1.29 is 17.8 Å². The summed E-state index contributed by atoms with van der Waals surface area (Å²) < 4.78 is 2.68. The molecule has 3 rings (SSSR count). The zero-order chi connectivity index (χ0) is 11.1. The van der Waals surface area contributed by atoms with Gasteiger partial charge in [-0.05, 0) is 0 Å². The Balaban J connectivity index is 0.00000108. The number of hydrogen-bond acceptors (Lipinski definition) is 1. The van der Waals surface area contributed by atoms with Gasteiger partial charge in [0.15, 0.2) is 0 Å². The summed E-state index contributed by atoms with van der Waals surface area (Å²) >= 11 is 0.310. The molecule has 0 spiro atoms. The van der Waals surface area contributed by atoms with Gasteiger partial charge in [0.05, 0.1) is 0 Å². The van der Waals surface area contributed by atoms with E-state index in [-0.39, 0.29) is 12.4 Å². The molecule has 2 nitrogen and oxygen atoms in total. The van der Waals surface area contributed by atoms with Gasteiger partial charge in [0.1, 0.15) is 0 Å². The topological polar surface area (TPSA) is 51.6 Å². The molecule has 86 valence electrons. The van der Waals surface area contributed by atoms with Crippen molar-refractivity contribution in [2.75, 3.05) is 5.73 Å². The maximum Gasteiger partial charge on any atom is -1.00 e. The first-order valence-electron chi connectivity index (χ1n) is 5.04. The third-order valence-corrected chi connectivity index (χ3v) is 5.01. The smallest absolute Gasteiger partial charge is 1.00 e. The molecule has 0 aromatic heterocycles. The van der Waals surface area contributed by atoms with Gasteiger partial charge in [0.25, 0.3) is 0 Å². The molecule has 4 heteroatoms. The molecule has 0 amide bonds. The van der Waals surface area contributed by atoms with E-state index in [0.29, 0.717) is 14.5 Å². The van der Waals surface area contributed by atoms with Crippen molar-refractivity contribution >= 4 is 29.8 Å². The molecule has 1 heterocycles. The number of nitrogen functional groups attached to an aromatic ring is 1. The van der Waals surface area contributed by atoms with Crippen LogP contribution in [0.3, 0.4) is 0 Å². The molecule has 0 radical (unpaired) electrons. The Hall–Kier alpha value is -1.28. The molecule has 0 atom stereocenters. The minimum Gasteiger partial charge on any atom is -1.00 e. The monoisotopic (exact) mass is 310 g/mol. The van der Waals surface area contributed by atoms with Gasteiger partial charge in [0, 0.05) is 0 Å². The zero-order valence-electron chi connectivity index (χ0n) is 8.98. The first-order chi connectivity index (χ1) is 7.72. The summed E-state index contributed by atoms with van der Waals surface area (Å²) in [6.45, 7) is 0. The van der Waals surface area contributed by atoms with Gasteiger partial charge in [-0.1, -0.05) is 0 Å². The van der Waals surface area contributed by atoms with E-state index in [1.54, 1.807) is 0 Å². The molecule has 0 bridgehead atoms. The second-order valence-electron chi connectivity index (χ2n) is 3.84. The predicted molar refractivity (Wildman–Crippen MR) is 67.0 cm³/mol. The molecule has 1 aromatic carbocycles. The number of anilines is 1. The Kier molecular flexibility index (Phi) is 3.25. The van der Waals surface area contributed by atoms with Crippen molar-refractivity contribution in [1.29, 1.82) is 0 Å². The normalized spacial score (nSPS) is 10.4. The van der Waals surface area contributed by atoms with E-state index in [0.717, 1.165) is 11.0 Å². The summed E-state index contributed by atoms with van der Waals surface area (Å²) in [6, 6.07) is 14.4. The second kappa shape index (κ2) is 4.53. The van der Waals surface area contributed by atoms with Crippen molar-refractivity contribution in [1.82, 2.24) is 0 Å². The summed E-state index contributed by atoms with van der Waals surface area (Å²) in [5.41, 5.74) is 7.92. The molecule has 1 aliphatic carbocycles. The van der Waals surface area contributed by atoms with Gasteiger partial charge in [-0.15, -0.1) is 0 Å². The summed E-state index contributed by atoms with van der Waals surface area (Å²) in [7, 11) is 0. The van der Waals surface area contributed by atoms with Gasteiger partial charge in [0.2, 0.25) is 0 Å². The molecule has 17 heavy (non-hydrogen) atoms. The van der Waals surface area contributed by atoms with Crippen LogP contribution in [-0.2, 0) is 0 Å². The van der Waals surface area contributed by atoms with Gasteiger partial charge in [-0.3, -0.25) is 0 Å². The van der Waals surface area contributed by atoms with E-state index in [1.807, 2.05) is 12.1 Å². The number of hydrogen-bond donors (Lipinski definition) is 2. The molecule has 0 saturated heterocycles. The Labute approximate surface area is 111 Å². The molecular weight excluding hydrogens is 299 g/mol. The van der Waals surface area contributed by atoms with E-state index in [9.17, 15) is 0 Å². The van der Waals surface area contributed by atoms with Crippen LogP contribution in [-0.4, -0.2) is 14.5 Å². The minimum atomic E-state index is 0. The molecule has 1 aromatic rings. The molecular formula is C13H11ClN2Se. The summed E-state index contributed by atoms with van der Waals surface area (Å²) in [5.74, 6) is 0. The van der Waals surface area contributed by atoms with E-state index in [2.05, 4.69) is 30.3 Å². The molecule has 1 aliphatic heterocycles. The third kappa shape index (κ3) is 2.22. The van der Waals surface area contributed by atoms with Crippen LogP contribution in [0.5, 0.6) is 0 Å². The maximum absolute atomic E-state index is 5.80. The van der Waals surface area contributed by atoms with Crippen LogP contribution >= 0.6 is 0 Å². The van der Waals surface area contributed by atoms with Gasteiger partial charge < -0.3 is 12.4 Å². The molecule has 0 saturated carbocycles. The van der Waals surface area contributed by atoms with Crippen molar-refractivity contribution in [3.63, 3.8) is 0 Å². The standard InChI is InChI=1S/C13H10N2Se.ClH/c14-10-3-1-8-5-9-2-4-11(15)7-13(9)16-12(8)6-10;/h1-7,14H,15H2;1H. The Bertz CT molecular complexity index is 705. The number of rotatable bonds is 0. The molecule has 2 aliphatic rings. The van der Waals surface area contributed by atoms with Crippen molar-refractivity contribution in [2.24, 2.45) is 0 Å². The Morgan fingerprint density at radius 2 is 1.82 bits per heavy atom. The van der Waals surface area contributed by atoms with Crippen LogP contribution in [0.4, 0.5) is 5.69 Å². The fourth-order valence-electron chi connectivity index (χ4n) is 1.80. The van der Waals surface area contributed by atoms with Crippen molar-refractivity contribution in [3.05, 3.63) is 47.8 Å². The predicted octanol–water partition coefficient (Wildman–Crippen LogP) is -2.75. The summed E-state index contributed by atoms with van der Waals surface area (Å²) in [5, 5.41) is 7.92. The van der Waals surface area contributed by atoms with E-state index >= 15 is 0 Å². The fourth-order valence-corrected chi connectivity index (χ4v) is 4.15. The largest absolute Gasteiger partial charge is 1.00 e. The molecule has 0 fully saturated rings. The van der Waals surface area contributed by atoms with E-state index in [1.165, 1.54) is 19.6 Å². The van der Waals surface area contributed by atoms with E-state index in [4.69, 9.17) is 11.1 Å². The Morgan fingerprint density at radius 1 is 1.00 bits per heavy atom. The number of nitrogens with two attached hydrogens (primary N) is 2. The summed E-state index contributed by atoms with van der Waals surface area (Å²) in [4.78, 5) is 0.